The number of benzene rings is 2. The number of rotatable bonds is 3. The van der Waals surface area contributed by atoms with E-state index in [1.54, 1.807) is 47.4 Å². The van der Waals surface area contributed by atoms with Crippen molar-refractivity contribution in [2.24, 2.45) is 5.92 Å². The summed E-state index contributed by atoms with van der Waals surface area (Å²) < 4.78 is 50.2. The van der Waals surface area contributed by atoms with Crippen LogP contribution in [0.1, 0.15) is 29.0 Å². The lowest BCUT2D eigenvalue weighted by Crippen LogP contribution is -2.39. The van der Waals surface area contributed by atoms with Crippen LogP contribution in [-0.4, -0.2) is 42.2 Å². The number of amides is 1. The SMILES string of the molecule is O=C(c1ccc2nsnc2c1)N1CCC(Cn2c(C(F)(F)F)nc3ccccc32)CC1. The van der Waals surface area contributed by atoms with E-state index in [0.717, 1.165) is 17.2 Å². The maximum atomic E-state index is 13.5. The fourth-order valence-electron chi connectivity index (χ4n) is 4.15. The number of likely N-dealkylation sites (tertiary alicyclic amines) is 1. The van der Waals surface area contributed by atoms with Gasteiger partial charge >= 0.3 is 6.18 Å². The van der Waals surface area contributed by atoms with E-state index < -0.39 is 12.0 Å². The number of hydrogen-bond acceptors (Lipinski definition) is 5. The summed E-state index contributed by atoms with van der Waals surface area (Å²) in [5.41, 5.74) is 2.83. The summed E-state index contributed by atoms with van der Waals surface area (Å²) in [4.78, 5) is 18.4. The van der Waals surface area contributed by atoms with Crippen LogP contribution in [0.4, 0.5) is 13.2 Å². The fourth-order valence-corrected chi connectivity index (χ4v) is 4.67. The van der Waals surface area contributed by atoms with Crippen LogP contribution in [-0.2, 0) is 12.7 Å². The summed E-state index contributed by atoms with van der Waals surface area (Å²) in [5, 5.41) is 0. The number of carbonyl (C=O) groups excluding carboxylic acids is 1. The number of piperidine rings is 1. The monoisotopic (exact) mass is 445 g/mol. The summed E-state index contributed by atoms with van der Waals surface area (Å²) >= 11 is 1.10. The van der Waals surface area contributed by atoms with Gasteiger partial charge in [-0.25, -0.2) is 4.98 Å². The van der Waals surface area contributed by atoms with Crippen molar-refractivity contribution in [1.29, 1.82) is 0 Å². The Kier molecular flexibility index (Phi) is 4.88. The minimum Gasteiger partial charge on any atom is -0.339 e. The predicted octanol–water partition coefficient (Wildman–Crippen LogP) is 4.61. The molecule has 10 heteroatoms. The van der Waals surface area contributed by atoms with Crippen molar-refractivity contribution in [3.8, 4) is 0 Å². The Hall–Kier alpha value is -3.01. The molecule has 0 saturated carbocycles. The first-order chi connectivity index (χ1) is 14.9. The molecule has 0 N–H and O–H groups in total. The molecule has 1 aliphatic heterocycles. The van der Waals surface area contributed by atoms with Gasteiger partial charge in [0.05, 0.1) is 22.8 Å². The molecule has 0 aliphatic carbocycles. The van der Waals surface area contributed by atoms with Gasteiger partial charge in [-0.1, -0.05) is 12.1 Å². The molecule has 0 unspecified atom stereocenters. The second kappa shape index (κ2) is 7.60. The number of carbonyl (C=O) groups is 1. The van der Waals surface area contributed by atoms with Gasteiger partial charge in [0, 0.05) is 25.2 Å². The lowest BCUT2D eigenvalue weighted by molar-refractivity contribution is -0.147. The van der Waals surface area contributed by atoms with E-state index in [1.807, 2.05) is 0 Å². The van der Waals surface area contributed by atoms with Crippen molar-refractivity contribution < 1.29 is 18.0 Å². The molecule has 4 aromatic rings. The highest BCUT2D eigenvalue weighted by molar-refractivity contribution is 7.00. The first-order valence-electron chi connectivity index (χ1n) is 9.94. The van der Waals surface area contributed by atoms with Crippen LogP contribution >= 0.6 is 11.7 Å². The molecule has 2 aromatic heterocycles. The topological polar surface area (TPSA) is 63.9 Å². The predicted molar refractivity (Wildman–Crippen MR) is 111 cm³/mol. The van der Waals surface area contributed by atoms with E-state index >= 15 is 0 Å². The zero-order valence-corrected chi connectivity index (χ0v) is 17.2. The van der Waals surface area contributed by atoms with Crippen LogP contribution in [0.2, 0.25) is 0 Å². The van der Waals surface area contributed by atoms with Crippen LogP contribution in [0.15, 0.2) is 42.5 Å². The Morgan fingerprint density at radius 3 is 2.55 bits per heavy atom. The van der Waals surface area contributed by atoms with Crippen LogP contribution in [0.25, 0.3) is 22.1 Å². The molecule has 1 fully saturated rings. The zero-order chi connectivity index (χ0) is 21.6. The number of alkyl halides is 3. The van der Waals surface area contributed by atoms with Crippen LogP contribution in [0.5, 0.6) is 0 Å². The van der Waals surface area contributed by atoms with E-state index in [2.05, 4.69) is 13.7 Å². The zero-order valence-electron chi connectivity index (χ0n) is 16.3. The fraction of sp³-hybridized carbons (Fsp3) is 0.333. The first-order valence-corrected chi connectivity index (χ1v) is 10.7. The summed E-state index contributed by atoms with van der Waals surface area (Å²) in [6.45, 7) is 1.24. The Bertz CT molecular complexity index is 1260. The number of fused-ring (bicyclic) bond motifs is 2. The van der Waals surface area contributed by atoms with E-state index in [4.69, 9.17) is 0 Å². The van der Waals surface area contributed by atoms with Crippen molar-refractivity contribution in [1.82, 2.24) is 23.2 Å². The average Bonchev–Trinajstić information content (AvgIpc) is 3.38. The minimum absolute atomic E-state index is 0.0352. The highest BCUT2D eigenvalue weighted by Gasteiger charge is 2.38. The van der Waals surface area contributed by atoms with Gasteiger partial charge in [0.15, 0.2) is 0 Å². The summed E-state index contributed by atoms with van der Waals surface area (Å²) in [6.07, 6.45) is -3.25. The molecule has 6 nitrogen and oxygen atoms in total. The standard InChI is InChI=1S/C21H18F3N5OS/c22-21(23,24)20-25-16-3-1-2-4-18(16)29(20)12-13-7-9-28(10-8-13)19(30)14-5-6-15-17(11-14)27-31-26-15/h1-6,11,13H,7-10,12H2. The highest BCUT2D eigenvalue weighted by Crippen LogP contribution is 2.33. The molecule has 1 saturated heterocycles. The Morgan fingerprint density at radius 2 is 1.77 bits per heavy atom. The maximum Gasteiger partial charge on any atom is 0.449 e. The smallest absolute Gasteiger partial charge is 0.339 e. The molecule has 2 aromatic carbocycles. The Morgan fingerprint density at radius 1 is 1.03 bits per heavy atom. The molecular weight excluding hydrogens is 427 g/mol. The van der Waals surface area contributed by atoms with E-state index in [9.17, 15) is 18.0 Å². The summed E-state index contributed by atoms with van der Waals surface area (Å²) in [7, 11) is 0. The van der Waals surface area contributed by atoms with Gasteiger partial charge in [0.25, 0.3) is 5.91 Å². The Balaban J connectivity index is 1.31. The number of halogens is 3. The number of aromatic nitrogens is 4. The van der Waals surface area contributed by atoms with E-state index in [0.29, 0.717) is 48.0 Å². The maximum absolute atomic E-state index is 13.5. The van der Waals surface area contributed by atoms with Crippen molar-refractivity contribution in [2.75, 3.05) is 13.1 Å². The molecule has 160 valence electrons. The molecule has 3 heterocycles. The molecule has 1 amide bonds. The van der Waals surface area contributed by atoms with Gasteiger partial charge in [-0.3, -0.25) is 4.79 Å². The molecule has 0 radical (unpaired) electrons. The molecule has 0 atom stereocenters. The van der Waals surface area contributed by atoms with Gasteiger partial charge in [0.2, 0.25) is 5.82 Å². The van der Waals surface area contributed by atoms with Crippen molar-refractivity contribution in [2.45, 2.75) is 25.6 Å². The second-order valence-corrected chi connectivity index (χ2v) is 8.26. The number of para-hydroxylation sites is 2. The molecule has 0 spiro atoms. The van der Waals surface area contributed by atoms with Gasteiger partial charge in [-0.05, 0) is 49.1 Å². The van der Waals surface area contributed by atoms with Gasteiger partial charge in [0.1, 0.15) is 11.0 Å². The number of hydrogen-bond donors (Lipinski definition) is 0. The third kappa shape index (κ3) is 3.76. The quantitative estimate of drug-likeness (QED) is 0.462. The van der Waals surface area contributed by atoms with Gasteiger partial charge in [-0.2, -0.15) is 21.9 Å². The van der Waals surface area contributed by atoms with E-state index in [-0.39, 0.29) is 18.4 Å². The minimum atomic E-state index is -4.51. The van der Waals surface area contributed by atoms with E-state index in [1.165, 1.54) is 4.57 Å². The average molecular weight is 445 g/mol. The number of imidazole rings is 1. The van der Waals surface area contributed by atoms with Crippen molar-refractivity contribution >= 4 is 39.7 Å². The van der Waals surface area contributed by atoms with Crippen LogP contribution in [0.3, 0.4) is 0 Å². The summed E-state index contributed by atoms with van der Waals surface area (Å²) in [5.74, 6) is -0.914. The third-order valence-corrected chi connectivity index (χ3v) is 6.31. The van der Waals surface area contributed by atoms with Gasteiger partial charge in [-0.15, -0.1) is 0 Å². The second-order valence-electron chi connectivity index (χ2n) is 7.74. The molecule has 5 rings (SSSR count). The molecule has 0 bridgehead atoms. The summed E-state index contributed by atoms with van der Waals surface area (Å²) in [6, 6.07) is 11.9. The van der Waals surface area contributed by atoms with Crippen LogP contribution < -0.4 is 0 Å². The largest absolute Gasteiger partial charge is 0.449 e. The number of nitrogens with zero attached hydrogens (tertiary/aromatic N) is 5. The van der Waals surface area contributed by atoms with Crippen molar-refractivity contribution in [3.05, 3.63) is 53.9 Å². The van der Waals surface area contributed by atoms with Gasteiger partial charge < -0.3 is 9.47 Å². The normalized spacial score (nSPS) is 15.8. The lowest BCUT2D eigenvalue weighted by atomic mass is 9.96. The molecule has 31 heavy (non-hydrogen) atoms. The van der Waals surface area contributed by atoms with Crippen molar-refractivity contribution in [3.63, 3.8) is 0 Å². The molecular formula is C21H18F3N5OS. The third-order valence-electron chi connectivity index (χ3n) is 5.75. The molecule has 1 aliphatic rings. The highest BCUT2D eigenvalue weighted by atomic mass is 32.1. The van der Waals surface area contributed by atoms with Crippen LogP contribution in [0, 0.1) is 5.92 Å². The Labute approximate surface area is 179 Å². The first kappa shape index (κ1) is 19.9. The lowest BCUT2D eigenvalue weighted by Gasteiger charge is -2.32.